The van der Waals surface area contributed by atoms with E-state index < -0.39 is 0 Å². The third-order valence-corrected chi connectivity index (χ3v) is 4.15. The summed E-state index contributed by atoms with van der Waals surface area (Å²) >= 11 is 0. The van der Waals surface area contributed by atoms with Gasteiger partial charge in [-0.05, 0) is 24.8 Å². The zero-order valence-corrected chi connectivity index (χ0v) is 12.2. The smallest absolute Gasteiger partial charge is 0.273 e. The molecule has 1 saturated carbocycles. The summed E-state index contributed by atoms with van der Waals surface area (Å²) in [6.45, 7) is 2.24. The van der Waals surface area contributed by atoms with E-state index in [4.69, 9.17) is 0 Å². The largest absolute Gasteiger partial charge is 0.388 e. The molecule has 2 rings (SSSR count). The van der Waals surface area contributed by atoms with Crippen LogP contribution in [-0.2, 0) is 0 Å². The Balaban J connectivity index is 2.11. The normalized spacial score (nSPS) is 22.3. The van der Waals surface area contributed by atoms with Crippen molar-refractivity contribution in [1.29, 1.82) is 0 Å². The maximum Gasteiger partial charge on any atom is 0.273 e. The minimum absolute atomic E-state index is 0.127. The summed E-state index contributed by atoms with van der Waals surface area (Å²) in [5, 5.41) is 17.4. The molecule has 5 nitrogen and oxygen atoms in total. The molecule has 2 N–H and O–H groups in total. The van der Waals surface area contributed by atoms with Crippen molar-refractivity contribution in [2.75, 3.05) is 17.7 Å². The van der Waals surface area contributed by atoms with Gasteiger partial charge in [0.05, 0.1) is 4.92 Å². The fraction of sp³-hybridized carbons (Fsp3) is 0.600. The lowest BCUT2D eigenvalue weighted by molar-refractivity contribution is -0.384. The standard InChI is InChI=1S/C15H23N3O2/c1-3-11-5-4-6-12(7-11)17-14-8-13(16-2)9-15(10-14)18(19)20/h8-12,16-17H,3-7H2,1-2H3. The summed E-state index contributed by atoms with van der Waals surface area (Å²) < 4.78 is 0. The number of rotatable bonds is 5. The van der Waals surface area contributed by atoms with Crippen LogP contribution >= 0.6 is 0 Å². The van der Waals surface area contributed by atoms with E-state index in [1.165, 1.54) is 19.3 Å². The summed E-state index contributed by atoms with van der Waals surface area (Å²) in [7, 11) is 1.77. The molecule has 5 heteroatoms. The topological polar surface area (TPSA) is 67.2 Å². The van der Waals surface area contributed by atoms with E-state index in [0.29, 0.717) is 6.04 Å². The fourth-order valence-corrected chi connectivity index (χ4v) is 2.97. The molecule has 0 spiro atoms. The second-order valence-corrected chi connectivity index (χ2v) is 5.56. The molecule has 2 atom stereocenters. The van der Waals surface area contributed by atoms with Gasteiger partial charge in [-0.25, -0.2) is 0 Å². The number of non-ortho nitro benzene ring substituents is 1. The molecule has 1 fully saturated rings. The monoisotopic (exact) mass is 277 g/mol. The van der Waals surface area contributed by atoms with Crippen LogP contribution in [-0.4, -0.2) is 18.0 Å². The van der Waals surface area contributed by atoms with Gasteiger partial charge in [0, 0.05) is 36.6 Å². The number of nitro benzene ring substituents is 1. The SMILES string of the molecule is CCC1CCCC(Nc2cc(NC)cc([N+](=O)[O-])c2)C1. The Hall–Kier alpha value is -1.78. The predicted molar refractivity (Wildman–Crippen MR) is 82.3 cm³/mol. The highest BCUT2D eigenvalue weighted by molar-refractivity contribution is 5.63. The first-order chi connectivity index (χ1) is 9.62. The van der Waals surface area contributed by atoms with Crippen LogP contribution in [0.4, 0.5) is 17.1 Å². The van der Waals surface area contributed by atoms with Gasteiger partial charge in [0.25, 0.3) is 5.69 Å². The van der Waals surface area contributed by atoms with Crippen molar-refractivity contribution in [3.8, 4) is 0 Å². The maximum atomic E-state index is 11.0. The maximum absolute atomic E-state index is 11.0. The number of nitro groups is 1. The molecule has 0 aromatic heterocycles. The van der Waals surface area contributed by atoms with Gasteiger partial charge in [-0.3, -0.25) is 10.1 Å². The molecule has 110 valence electrons. The van der Waals surface area contributed by atoms with Gasteiger partial charge in [-0.15, -0.1) is 0 Å². The number of hydrogen-bond acceptors (Lipinski definition) is 4. The first-order valence-electron chi connectivity index (χ1n) is 7.36. The minimum atomic E-state index is -0.345. The lowest BCUT2D eigenvalue weighted by Gasteiger charge is -2.29. The Bertz CT molecular complexity index is 476. The Morgan fingerprint density at radius 1 is 1.30 bits per heavy atom. The lowest BCUT2D eigenvalue weighted by Crippen LogP contribution is -2.27. The first kappa shape index (κ1) is 14.6. The highest BCUT2D eigenvalue weighted by Crippen LogP contribution is 2.30. The predicted octanol–water partition coefficient (Wildman–Crippen LogP) is 4.02. The van der Waals surface area contributed by atoms with Gasteiger partial charge in [-0.2, -0.15) is 0 Å². The Kier molecular flexibility index (Phi) is 4.82. The summed E-state index contributed by atoms with van der Waals surface area (Å²) in [6.07, 6.45) is 6.08. The zero-order valence-electron chi connectivity index (χ0n) is 12.2. The van der Waals surface area contributed by atoms with E-state index in [-0.39, 0.29) is 10.6 Å². The van der Waals surface area contributed by atoms with Crippen LogP contribution < -0.4 is 10.6 Å². The van der Waals surface area contributed by atoms with Crippen LogP contribution in [0.25, 0.3) is 0 Å². The lowest BCUT2D eigenvalue weighted by atomic mass is 9.84. The van der Waals surface area contributed by atoms with Gasteiger partial charge >= 0.3 is 0 Å². The number of benzene rings is 1. The molecule has 0 bridgehead atoms. The quantitative estimate of drug-likeness (QED) is 0.630. The van der Waals surface area contributed by atoms with Crippen molar-refractivity contribution >= 4 is 17.1 Å². The van der Waals surface area contributed by atoms with Crippen LogP contribution in [0.15, 0.2) is 18.2 Å². The van der Waals surface area contributed by atoms with E-state index in [9.17, 15) is 10.1 Å². The van der Waals surface area contributed by atoms with Crippen molar-refractivity contribution in [2.45, 2.75) is 45.1 Å². The number of nitrogens with zero attached hydrogens (tertiary/aromatic N) is 1. The molecule has 0 radical (unpaired) electrons. The summed E-state index contributed by atoms with van der Waals surface area (Å²) in [4.78, 5) is 10.6. The number of nitrogens with one attached hydrogen (secondary N) is 2. The zero-order chi connectivity index (χ0) is 14.5. The van der Waals surface area contributed by atoms with Crippen molar-refractivity contribution in [3.05, 3.63) is 28.3 Å². The highest BCUT2D eigenvalue weighted by atomic mass is 16.6. The van der Waals surface area contributed by atoms with Crippen LogP contribution in [0.3, 0.4) is 0 Å². The number of hydrogen-bond donors (Lipinski definition) is 2. The molecular formula is C15H23N3O2. The summed E-state index contributed by atoms with van der Waals surface area (Å²) in [5.74, 6) is 0.781. The third-order valence-electron chi connectivity index (χ3n) is 4.15. The van der Waals surface area contributed by atoms with Crippen molar-refractivity contribution in [2.24, 2.45) is 5.92 Å². The van der Waals surface area contributed by atoms with Gasteiger partial charge in [0.2, 0.25) is 0 Å². The van der Waals surface area contributed by atoms with E-state index >= 15 is 0 Å². The van der Waals surface area contributed by atoms with Crippen molar-refractivity contribution in [3.63, 3.8) is 0 Å². The molecule has 1 aliphatic rings. The molecule has 0 heterocycles. The Morgan fingerprint density at radius 2 is 2.05 bits per heavy atom. The van der Waals surface area contributed by atoms with Gasteiger partial charge in [-0.1, -0.05) is 26.2 Å². The summed E-state index contributed by atoms with van der Waals surface area (Å²) in [6, 6.07) is 5.54. The molecule has 20 heavy (non-hydrogen) atoms. The molecule has 0 amide bonds. The van der Waals surface area contributed by atoms with Gasteiger partial charge < -0.3 is 10.6 Å². The van der Waals surface area contributed by atoms with E-state index in [2.05, 4.69) is 17.6 Å². The second kappa shape index (κ2) is 6.59. The molecule has 2 unspecified atom stereocenters. The van der Waals surface area contributed by atoms with Gasteiger partial charge in [0.15, 0.2) is 0 Å². The third kappa shape index (κ3) is 3.62. The molecule has 0 saturated heterocycles. The van der Waals surface area contributed by atoms with E-state index in [1.54, 1.807) is 19.2 Å². The number of anilines is 2. The molecular weight excluding hydrogens is 254 g/mol. The molecule has 1 aromatic rings. The van der Waals surface area contributed by atoms with Crippen LogP contribution in [0.2, 0.25) is 0 Å². The average molecular weight is 277 g/mol. The van der Waals surface area contributed by atoms with E-state index in [0.717, 1.165) is 30.1 Å². The highest BCUT2D eigenvalue weighted by Gasteiger charge is 2.21. The minimum Gasteiger partial charge on any atom is -0.388 e. The fourth-order valence-electron chi connectivity index (χ4n) is 2.97. The molecule has 0 aliphatic heterocycles. The van der Waals surface area contributed by atoms with Crippen LogP contribution in [0.5, 0.6) is 0 Å². The molecule has 1 aromatic carbocycles. The molecule has 1 aliphatic carbocycles. The Morgan fingerprint density at radius 3 is 2.70 bits per heavy atom. The van der Waals surface area contributed by atoms with Gasteiger partial charge in [0.1, 0.15) is 0 Å². The van der Waals surface area contributed by atoms with Crippen LogP contribution in [0.1, 0.15) is 39.0 Å². The van der Waals surface area contributed by atoms with Crippen molar-refractivity contribution < 1.29 is 4.92 Å². The summed E-state index contributed by atoms with van der Waals surface area (Å²) in [5.41, 5.74) is 1.73. The van der Waals surface area contributed by atoms with Crippen LogP contribution in [0, 0.1) is 16.0 Å². The van der Waals surface area contributed by atoms with E-state index in [1.807, 2.05) is 6.07 Å². The first-order valence-corrected chi connectivity index (χ1v) is 7.36. The Labute approximate surface area is 119 Å². The average Bonchev–Trinajstić information content (AvgIpc) is 2.47. The second-order valence-electron chi connectivity index (χ2n) is 5.56. The van der Waals surface area contributed by atoms with Crippen molar-refractivity contribution in [1.82, 2.24) is 0 Å².